The first-order valence-corrected chi connectivity index (χ1v) is 16.2. The van der Waals surface area contributed by atoms with Gasteiger partial charge in [-0.05, 0) is 43.5 Å². The molecule has 4 heterocycles. The molecule has 5 N–H and O–H groups in total. The molecule has 0 aromatic carbocycles. The first-order chi connectivity index (χ1) is 25.3. The number of amides is 3. The number of aromatic nitrogens is 4. The molecule has 0 saturated carbocycles. The molecule has 0 aliphatic carbocycles. The summed E-state index contributed by atoms with van der Waals surface area (Å²) in [5.74, 6) is -6.16. The van der Waals surface area contributed by atoms with Crippen LogP contribution in [0, 0.1) is 0 Å². The number of pyridine rings is 2. The molecule has 1 fully saturated rings. The number of carbonyl (C=O) groups excluding carboxylic acids is 3. The minimum Gasteiger partial charge on any atom is -0.480 e. The number of imide groups is 1. The number of carbonyl (C=O) groups is 7. The Kier molecular flexibility index (Phi) is 13.9. The van der Waals surface area contributed by atoms with Crippen molar-refractivity contribution in [2.45, 2.75) is 51.2 Å². The molecule has 20 nitrogen and oxygen atoms in total. The molecule has 1 aliphatic heterocycles. The van der Waals surface area contributed by atoms with Gasteiger partial charge < -0.3 is 30.6 Å². The second-order valence-corrected chi connectivity index (χ2v) is 11.8. The molecule has 280 valence electrons. The number of hydrogen-bond acceptors (Lipinski definition) is 14. The quantitative estimate of drug-likeness (QED) is 0.0794. The first kappa shape index (κ1) is 39.4. The highest BCUT2D eigenvalue weighted by molar-refractivity contribution is 6.01. The van der Waals surface area contributed by atoms with Crippen molar-refractivity contribution < 1.29 is 58.8 Å². The third-order valence-electron chi connectivity index (χ3n) is 7.66. The molecule has 3 aromatic rings. The zero-order chi connectivity index (χ0) is 38.5. The number of hydrogen-bond donors (Lipinski definition) is 5. The van der Waals surface area contributed by atoms with E-state index in [0.29, 0.717) is 39.2 Å². The van der Waals surface area contributed by atoms with Crippen LogP contribution in [0.15, 0.2) is 48.8 Å². The largest absolute Gasteiger partial charge is 0.480 e. The molecule has 0 radical (unpaired) electrons. The van der Waals surface area contributed by atoms with Gasteiger partial charge in [-0.3, -0.25) is 43.6 Å². The van der Waals surface area contributed by atoms with Crippen LogP contribution in [0.5, 0.6) is 0 Å². The summed E-state index contributed by atoms with van der Waals surface area (Å²) in [4.78, 5) is 107. The van der Waals surface area contributed by atoms with E-state index in [1.54, 1.807) is 36.4 Å². The molecule has 3 aromatic heterocycles. The van der Waals surface area contributed by atoms with Gasteiger partial charge in [-0.25, -0.2) is 19.7 Å². The molecular weight excluding hydrogens is 700 g/mol. The fourth-order valence-electron chi connectivity index (χ4n) is 5.36. The van der Waals surface area contributed by atoms with Gasteiger partial charge in [0.15, 0.2) is 0 Å². The summed E-state index contributed by atoms with van der Waals surface area (Å²) in [5.41, 5.74) is 2.11. The summed E-state index contributed by atoms with van der Waals surface area (Å²) >= 11 is 0. The molecular formula is C33H36N8O12. The van der Waals surface area contributed by atoms with E-state index < -0.39 is 67.5 Å². The van der Waals surface area contributed by atoms with Crippen molar-refractivity contribution in [2.75, 3.05) is 26.2 Å². The summed E-state index contributed by atoms with van der Waals surface area (Å²) in [6, 6.07) is 8.58. The lowest BCUT2D eigenvalue weighted by atomic mass is 10.1. The number of carboxylic acids is 4. The van der Waals surface area contributed by atoms with Crippen LogP contribution in [0.2, 0.25) is 0 Å². The zero-order valence-electron chi connectivity index (χ0n) is 28.2. The van der Waals surface area contributed by atoms with Crippen molar-refractivity contribution >= 4 is 41.8 Å². The van der Waals surface area contributed by atoms with E-state index >= 15 is 0 Å². The third-order valence-corrected chi connectivity index (χ3v) is 7.66. The van der Waals surface area contributed by atoms with Crippen molar-refractivity contribution in [3.63, 3.8) is 0 Å². The van der Waals surface area contributed by atoms with Crippen molar-refractivity contribution in [1.29, 1.82) is 0 Å². The number of rotatable bonds is 20. The molecule has 20 heteroatoms. The number of nitrogens with zero attached hydrogens (tertiary/aromatic N) is 7. The van der Waals surface area contributed by atoms with E-state index in [4.69, 9.17) is 15.1 Å². The van der Waals surface area contributed by atoms with Crippen LogP contribution in [0.1, 0.15) is 43.5 Å². The maximum Gasteiger partial charge on any atom is 0.432 e. The van der Waals surface area contributed by atoms with Crippen molar-refractivity contribution in [2.24, 2.45) is 0 Å². The first-order valence-electron chi connectivity index (χ1n) is 16.2. The molecule has 1 atom stereocenters. The van der Waals surface area contributed by atoms with Crippen LogP contribution in [0.4, 0.5) is 4.79 Å². The zero-order valence-corrected chi connectivity index (χ0v) is 28.2. The summed E-state index contributed by atoms with van der Waals surface area (Å²) in [7, 11) is 0. The maximum atomic E-state index is 12.3. The molecule has 0 spiro atoms. The van der Waals surface area contributed by atoms with Crippen LogP contribution in [0.3, 0.4) is 0 Å². The van der Waals surface area contributed by atoms with Crippen molar-refractivity contribution in [3.05, 3.63) is 60.2 Å². The van der Waals surface area contributed by atoms with E-state index in [0.717, 1.165) is 0 Å². The van der Waals surface area contributed by atoms with E-state index in [-0.39, 0.29) is 51.7 Å². The fraction of sp³-hybridized carbons (Fsp3) is 0.364. The van der Waals surface area contributed by atoms with E-state index in [9.17, 15) is 43.8 Å². The Morgan fingerprint density at radius 2 is 1.28 bits per heavy atom. The Balaban J connectivity index is 1.42. The van der Waals surface area contributed by atoms with Gasteiger partial charge >= 0.3 is 30.0 Å². The lowest BCUT2D eigenvalue weighted by Gasteiger charge is -2.27. The van der Waals surface area contributed by atoms with Crippen LogP contribution < -0.4 is 5.32 Å². The van der Waals surface area contributed by atoms with Crippen LogP contribution in [0.25, 0.3) is 22.8 Å². The molecule has 4 rings (SSSR count). The second kappa shape index (κ2) is 18.7. The number of unbranched alkanes of at least 4 members (excludes halogenated alkanes) is 1. The minimum atomic E-state index is -1.26. The molecule has 0 bridgehead atoms. The topological polar surface area (TPSA) is 283 Å². The summed E-state index contributed by atoms with van der Waals surface area (Å²) in [6.45, 7) is -1.78. The predicted molar refractivity (Wildman–Crippen MR) is 178 cm³/mol. The highest BCUT2D eigenvalue weighted by Gasteiger charge is 2.33. The van der Waals surface area contributed by atoms with Crippen molar-refractivity contribution in [3.8, 4) is 22.8 Å². The highest BCUT2D eigenvalue weighted by Crippen LogP contribution is 2.21. The summed E-state index contributed by atoms with van der Waals surface area (Å²) in [5, 5.41) is 40.7. The molecule has 0 unspecified atom stereocenters. The van der Waals surface area contributed by atoms with Gasteiger partial charge in [0.05, 0.1) is 54.8 Å². The Labute approximate surface area is 301 Å². The predicted octanol–water partition coefficient (Wildman–Crippen LogP) is 0.872. The molecule has 1 aliphatic rings. The maximum absolute atomic E-state index is 12.3. The Bertz CT molecular complexity index is 1830. The van der Waals surface area contributed by atoms with Crippen LogP contribution in [-0.2, 0) is 46.7 Å². The van der Waals surface area contributed by atoms with Gasteiger partial charge in [0.25, 0.3) is 11.8 Å². The van der Waals surface area contributed by atoms with E-state index in [2.05, 4.69) is 25.3 Å². The van der Waals surface area contributed by atoms with Crippen LogP contribution in [-0.4, -0.2) is 129 Å². The summed E-state index contributed by atoms with van der Waals surface area (Å²) < 4.78 is 0. The highest BCUT2D eigenvalue weighted by atomic mass is 16.7. The molecule has 3 amide bonds. The average molecular weight is 737 g/mol. The fourth-order valence-corrected chi connectivity index (χ4v) is 5.36. The molecule has 53 heavy (non-hydrogen) atoms. The Morgan fingerprint density at radius 3 is 1.81 bits per heavy atom. The standard InChI is InChI=1S/C33H36N8O12/c42-27-10-11-28(43)41(27)53-33(52)35-12-2-1-9-26(32(50)51)40(19-31(48)49)16-21-6-4-8-23(37-21)25-14-34-13-24(38-25)22-7-3-5-20(36-22)15-39(17-29(44)45)18-30(46)47/h3-8,13-14,26H,1-2,9-12,15-19H2,(H,35,52)(H,44,45)(H,46,47)(H,48,49)(H,50,51)/t26-/m0/s1. The van der Waals surface area contributed by atoms with Gasteiger partial charge in [-0.2, -0.15) is 0 Å². The minimum absolute atomic E-state index is 0.0199. The number of nitrogens with one attached hydrogen (secondary N) is 1. The van der Waals surface area contributed by atoms with Gasteiger partial charge in [0, 0.05) is 32.5 Å². The van der Waals surface area contributed by atoms with Gasteiger partial charge in [-0.15, -0.1) is 5.06 Å². The van der Waals surface area contributed by atoms with E-state index in [1.165, 1.54) is 22.2 Å². The van der Waals surface area contributed by atoms with E-state index in [1.807, 2.05) is 0 Å². The molecule has 1 saturated heterocycles. The lowest BCUT2D eigenvalue weighted by molar-refractivity contribution is -0.171. The second-order valence-electron chi connectivity index (χ2n) is 11.8. The summed E-state index contributed by atoms with van der Waals surface area (Å²) in [6.07, 6.45) is 2.34. The van der Waals surface area contributed by atoms with Gasteiger partial charge in [0.1, 0.15) is 17.4 Å². The smallest absolute Gasteiger partial charge is 0.432 e. The van der Waals surface area contributed by atoms with Gasteiger partial charge in [0.2, 0.25) is 0 Å². The van der Waals surface area contributed by atoms with Crippen molar-refractivity contribution in [1.82, 2.24) is 40.1 Å². The number of hydroxylamine groups is 2. The Hall–Kier alpha value is -6.41. The normalized spacial score (nSPS) is 13.3. The number of carboxylic acid groups (broad SMARTS) is 4. The lowest BCUT2D eigenvalue weighted by Crippen LogP contribution is -2.43. The van der Waals surface area contributed by atoms with Crippen LogP contribution >= 0.6 is 0 Å². The third kappa shape index (κ3) is 12.1. The number of aliphatic carboxylic acids is 4. The Morgan fingerprint density at radius 1 is 0.736 bits per heavy atom. The monoisotopic (exact) mass is 736 g/mol. The average Bonchev–Trinajstić information content (AvgIpc) is 3.41. The SMILES string of the molecule is O=C(O)CN(CC(=O)O)Cc1cccc(-c2cncc(-c3cccc(CN(CC(=O)O)[C@@H](CCCCNC(=O)ON4C(=O)CCC4=O)C(=O)O)n3)n2)n1. The van der Waals surface area contributed by atoms with Gasteiger partial charge in [-0.1, -0.05) is 12.1 Å².